The molecule has 0 unspecified atom stereocenters. The van der Waals surface area contributed by atoms with Crippen molar-refractivity contribution in [2.24, 2.45) is 7.05 Å². The number of nitrogens with zero attached hydrogens (tertiary/aromatic N) is 4. The molecule has 1 amide bonds. The first-order valence-corrected chi connectivity index (χ1v) is 8.34. The summed E-state index contributed by atoms with van der Waals surface area (Å²) in [5.74, 6) is 0.699. The lowest BCUT2D eigenvalue weighted by atomic mass is 10.1. The Morgan fingerprint density at radius 2 is 2.17 bits per heavy atom. The number of ether oxygens (including phenoxy) is 1. The second-order valence-electron chi connectivity index (χ2n) is 6.37. The van der Waals surface area contributed by atoms with Crippen molar-refractivity contribution in [3.63, 3.8) is 0 Å². The summed E-state index contributed by atoms with van der Waals surface area (Å²) in [7, 11) is 1.87. The van der Waals surface area contributed by atoms with Gasteiger partial charge < -0.3 is 9.64 Å². The highest BCUT2D eigenvalue weighted by Gasteiger charge is 2.36. The SMILES string of the molecule is Cc1nn(C)c(C)c1OCC(=O)N(C1CC1)[C@H](C)c1ccccn1. The van der Waals surface area contributed by atoms with Gasteiger partial charge in [0.2, 0.25) is 0 Å². The van der Waals surface area contributed by atoms with Crippen molar-refractivity contribution in [2.75, 3.05) is 6.61 Å². The molecule has 0 radical (unpaired) electrons. The van der Waals surface area contributed by atoms with Crippen LogP contribution in [0.4, 0.5) is 0 Å². The number of hydrogen-bond acceptors (Lipinski definition) is 4. The minimum absolute atomic E-state index is 0.00157. The summed E-state index contributed by atoms with van der Waals surface area (Å²) in [4.78, 5) is 19.1. The monoisotopic (exact) mass is 328 g/mol. The number of carbonyl (C=O) groups excluding carboxylic acids is 1. The molecule has 2 heterocycles. The first kappa shape index (κ1) is 16.5. The van der Waals surface area contributed by atoms with Crippen molar-refractivity contribution in [1.29, 1.82) is 0 Å². The van der Waals surface area contributed by atoms with E-state index in [-0.39, 0.29) is 18.6 Å². The van der Waals surface area contributed by atoms with Crippen LogP contribution in [0.1, 0.15) is 42.9 Å². The maximum Gasteiger partial charge on any atom is 0.261 e. The summed E-state index contributed by atoms with van der Waals surface area (Å²) >= 11 is 0. The van der Waals surface area contributed by atoms with Gasteiger partial charge in [-0.2, -0.15) is 5.10 Å². The van der Waals surface area contributed by atoms with E-state index in [1.54, 1.807) is 10.9 Å². The Bertz CT molecular complexity index is 722. The van der Waals surface area contributed by atoms with Crippen molar-refractivity contribution in [3.05, 3.63) is 41.5 Å². The zero-order chi connectivity index (χ0) is 17.3. The standard InChI is InChI=1S/C18H24N4O2/c1-12-18(14(3)21(4)20-12)24-11-17(23)22(15-8-9-15)13(2)16-7-5-6-10-19-16/h5-7,10,13,15H,8-9,11H2,1-4H3/t13-/m1/s1. The molecule has 6 heteroatoms. The van der Waals surface area contributed by atoms with E-state index >= 15 is 0 Å². The first-order valence-electron chi connectivity index (χ1n) is 8.34. The lowest BCUT2D eigenvalue weighted by molar-refractivity contribution is -0.136. The van der Waals surface area contributed by atoms with Gasteiger partial charge in [0.25, 0.3) is 5.91 Å². The van der Waals surface area contributed by atoms with Gasteiger partial charge in [-0.15, -0.1) is 0 Å². The first-order chi connectivity index (χ1) is 11.5. The Morgan fingerprint density at radius 3 is 2.71 bits per heavy atom. The van der Waals surface area contributed by atoms with Crippen molar-refractivity contribution in [3.8, 4) is 5.75 Å². The van der Waals surface area contributed by atoms with Gasteiger partial charge in [-0.25, -0.2) is 0 Å². The summed E-state index contributed by atoms with van der Waals surface area (Å²) in [6, 6.07) is 6.05. The molecule has 1 atom stereocenters. The molecule has 2 aromatic heterocycles. The lowest BCUT2D eigenvalue weighted by Gasteiger charge is -2.29. The van der Waals surface area contributed by atoms with Crippen LogP contribution < -0.4 is 4.74 Å². The third kappa shape index (κ3) is 3.27. The topological polar surface area (TPSA) is 60.3 Å². The normalized spacial score (nSPS) is 15.2. The van der Waals surface area contributed by atoms with Crippen LogP contribution in [-0.2, 0) is 11.8 Å². The van der Waals surface area contributed by atoms with Gasteiger partial charge in [0, 0.05) is 19.3 Å². The van der Waals surface area contributed by atoms with E-state index in [0.717, 1.165) is 29.9 Å². The highest BCUT2D eigenvalue weighted by molar-refractivity contribution is 5.79. The third-order valence-corrected chi connectivity index (χ3v) is 4.54. The van der Waals surface area contributed by atoms with Crippen molar-refractivity contribution >= 4 is 5.91 Å². The summed E-state index contributed by atoms with van der Waals surface area (Å²) < 4.78 is 7.57. The minimum Gasteiger partial charge on any atom is -0.480 e. The molecular weight excluding hydrogens is 304 g/mol. The Kier molecular flexibility index (Phi) is 4.55. The molecule has 128 valence electrons. The Morgan fingerprint density at radius 1 is 1.42 bits per heavy atom. The van der Waals surface area contributed by atoms with Crippen molar-refractivity contribution < 1.29 is 9.53 Å². The van der Waals surface area contributed by atoms with Crippen LogP contribution in [0.2, 0.25) is 0 Å². The van der Waals surface area contributed by atoms with E-state index in [9.17, 15) is 4.79 Å². The second-order valence-corrected chi connectivity index (χ2v) is 6.37. The zero-order valence-electron chi connectivity index (χ0n) is 14.7. The number of pyridine rings is 1. The number of hydrogen-bond donors (Lipinski definition) is 0. The molecule has 1 aliphatic rings. The van der Waals surface area contributed by atoms with Crippen LogP contribution in [0.3, 0.4) is 0 Å². The van der Waals surface area contributed by atoms with Gasteiger partial charge >= 0.3 is 0 Å². The van der Waals surface area contributed by atoms with E-state index < -0.39 is 0 Å². The summed E-state index contributed by atoms with van der Waals surface area (Å²) in [6.07, 6.45) is 3.86. The van der Waals surface area contributed by atoms with E-state index in [2.05, 4.69) is 10.1 Å². The Hall–Kier alpha value is -2.37. The fourth-order valence-electron chi connectivity index (χ4n) is 3.03. The smallest absolute Gasteiger partial charge is 0.261 e. The number of amides is 1. The van der Waals surface area contributed by atoms with Crippen LogP contribution in [0.15, 0.2) is 24.4 Å². The fraction of sp³-hybridized carbons (Fsp3) is 0.500. The predicted octanol–water partition coefficient (Wildman–Crippen LogP) is 2.56. The van der Waals surface area contributed by atoms with Crippen LogP contribution in [0, 0.1) is 13.8 Å². The Balaban J connectivity index is 1.71. The molecule has 0 bridgehead atoms. The number of carbonyl (C=O) groups is 1. The van der Waals surface area contributed by atoms with E-state index in [1.807, 2.05) is 50.9 Å². The van der Waals surface area contributed by atoms with Crippen LogP contribution in [0.25, 0.3) is 0 Å². The molecule has 2 aromatic rings. The third-order valence-electron chi connectivity index (χ3n) is 4.54. The van der Waals surface area contributed by atoms with E-state index in [1.165, 1.54) is 0 Å². The van der Waals surface area contributed by atoms with Crippen LogP contribution in [-0.4, -0.2) is 38.2 Å². The summed E-state index contributed by atoms with van der Waals surface area (Å²) in [5, 5.41) is 4.32. The number of aryl methyl sites for hydroxylation is 2. The van der Waals surface area contributed by atoms with Gasteiger partial charge in [0.1, 0.15) is 5.69 Å². The molecule has 1 saturated carbocycles. The molecule has 0 aliphatic heterocycles. The van der Waals surface area contributed by atoms with Crippen LogP contribution in [0.5, 0.6) is 5.75 Å². The maximum atomic E-state index is 12.8. The molecule has 1 aliphatic carbocycles. The summed E-state index contributed by atoms with van der Waals surface area (Å²) in [6.45, 7) is 5.89. The largest absolute Gasteiger partial charge is 0.480 e. The van der Waals surface area contributed by atoms with Crippen LogP contribution >= 0.6 is 0 Å². The maximum absolute atomic E-state index is 12.8. The van der Waals surface area contributed by atoms with Crippen molar-refractivity contribution in [2.45, 2.75) is 45.7 Å². The Labute approximate surface area is 142 Å². The van der Waals surface area contributed by atoms with E-state index in [0.29, 0.717) is 11.8 Å². The molecule has 0 spiro atoms. The minimum atomic E-state index is -0.0501. The van der Waals surface area contributed by atoms with E-state index in [4.69, 9.17) is 4.74 Å². The molecular formula is C18H24N4O2. The van der Waals surface area contributed by atoms with Gasteiger partial charge in [-0.3, -0.25) is 14.5 Å². The highest BCUT2D eigenvalue weighted by atomic mass is 16.5. The van der Waals surface area contributed by atoms with Crippen molar-refractivity contribution in [1.82, 2.24) is 19.7 Å². The average Bonchev–Trinajstić information content (AvgIpc) is 3.36. The second kappa shape index (κ2) is 6.63. The van der Waals surface area contributed by atoms with Gasteiger partial charge in [-0.1, -0.05) is 6.07 Å². The molecule has 0 saturated heterocycles. The number of rotatable bonds is 6. The predicted molar refractivity (Wildman–Crippen MR) is 90.7 cm³/mol. The number of aromatic nitrogens is 3. The molecule has 6 nitrogen and oxygen atoms in total. The quantitative estimate of drug-likeness (QED) is 0.818. The molecule has 0 N–H and O–H groups in total. The molecule has 24 heavy (non-hydrogen) atoms. The zero-order valence-corrected chi connectivity index (χ0v) is 14.7. The van der Waals surface area contributed by atoms with Gasteiger partial charge in [-0.05, 0) is 45.7 Å². The molecule has 1 fully saturated rings. The van der Waals surface area contributed by atoms with Gasteiger partial charge in [0.15, 0.2) is 12.4 Å². The fourth-order valence-corrected chi connectivity index (χ4v) is 3.03. The summed E-state index contributed by atoms with van der Waals surface area (Å²) in [5.41, 5.74) is 2.64. The molecule has 3 rings (SSSR count). The highest BCUT2D eigenvalue weighted by Crippen LogP contribution is 2.34. The molecule has 0 aromatic carbocycles. The lowest BCUT2D eigenvalue weighted by Crippen LogP contribution is -2.39. The van der Waals surface area contributed by atoms with Gasteiger partial charge in [0.05, 0.1) is 17.4 Å². The average molecular weight is 328 g/mol.